The van der Waals surface area contributed by atoms with E-state index in [1.807, 2.05) is 19.1 Å². The van der Waals surface area contributed by atoms with E-state index < -0.39 is 0 Å². The largest absolute Gasteiger partial charge is 0.383 e. The van der Waals surface area contributed by atoms with Crippen molar-refractivity contribution in [3.8, 4) is 0 Å². The van der Waals surface area contributed by atoms with Crippen molar-refractivity contribution in [2.24, 2.45) is 0 Å². The van der Waals surface area contributed by atoms with Crippen LogP contribution < -0.4 is 10.6 Å². The first-order chi connectivity index (χ1) is 10.3. The number of allylic oxidation sites excluding steroid dienone is 1. The molecule has 1 aliphatic carbocycles. The number of carbonyl (C=O) groups is 1. The molecule has 0 saturated heterocycles. The smallest absolute Gasteiger partial charge is 0.225 e. The average molecular weight is 287 g/mol. The Hall–Kier alpha value is -1.84. The van der Waals surface area contributed by atoms with Gasteiger partial charge in [0.2, 0.25) is 5.91 Å². The van der Waals surface area contributed by atoms with Gasteiger partial charge in [-0.1, -0.05) is 18.6 Å². The molecule has 114 valence electrons. The number of carbonyl (C=O) groups excluding carboxylic acids is 1. The molecule has 0 fully saturated rings. The van der Waals surface area contributed by atoms with Crippen molar-refractivity contribution in [1.29, 1.82) is 0 Å². The number of amides is 1. The van der Waals surface area contributed by atoms with Crippen molar-refractivity contribution in [2.75, 3.05) is 17.2 Å². The first-order valence-electron chi connectivity index (χ1n) is 7.95. The number of aromatic nitrogens is 1. The van der Waals surface area contributed by atoms with E-state index in [-0.39, 0.29) is 5.91 Å². The lowest BCUT2D eigenvalue weighted by Crippen LogP contribution is -2.12. The zero-order chi connectivity index (χ0) is 14.9. The van der Waals surface area contributed by atoms with Gasteiger partial charge >= 0.3 is 0 Å². The molecule has 1 aliphatic rings. The summed E-state index contributed by atoms with van der Waals surface area (Å²) < 4.78 is 0. The summed E-state index contributed by atoms with van der Waals surface area (Å²) in [5, 5.41) is 6.17. The molecule has 1 aromatic rings. The van der Waals surface area contributed by atoms with Crippen LogP contribution in [0.3, 0.4) is 0 Å². The number of hydrogen-bond donors (Lipinski definition) is 2. The molecule has 0 atom stereocenters. The van der Waals surface area contributed by atoms with Crippen LogP contribution in [0.25, 0.3) is 0 Å². The first kappa shape index (κ1) is 15.5. The molecule has 1 aromatic heterocycles. The minimum absolute atomic E-state index is 0.0231. The van der Waals surface area contributed by atoms with Crippen LogP contribution in [0.1, 0.15) is 51.9 Å². The second-order valence-corrected chi connectivity index (χ2v) is 5.52. The van der Waals surface area contributed by atoms with Crippen LogP contribution in [0.2, 0.25) is 0 Å². The molecular formula is C17H25N3O. The summed E-state index contributed by atoms with van der Waals surface area (Å²) in [5.41, 5.74) is 2.57. The molecule has 2 N–H and O–H groups in total. The molecule has 0 aliphatic heterocycles. The van der Waals surface area contributed by atoms with E-state index in [1.165, 1.54) is 25.7 Å². The Morgan fingerprint density at radius 2 is 2.24 bits per heavy atom. The van der Waals surface area contributed by atoms with Crippen molar-refractivity contribution in [2.45, 2.75) is 51.9 Å². The van der Waals surface area contributed by atoms with Gasteiger partial charge in [-0.25, -0.2) is 4.98 Å². The molecule has 4 nitrogen and oxygen atoms in total. The molecule has 2 rings (SSSR count). The Morgan fingerprint density at radius 3 is 2.90 bits per heavy atom. The molecule has 0 unspecified atom stereocenters. The maximum absolute atomic E-state index is 11.5. The first-order valence-corrected chi connectivity index (χ1v) is 7.95. The Labute approximate surface area is 127 Å². The lowest BCUT2D eigenvalue weighted by Gasteiger charge is -2.13. The number of nitrogens with zero attached hydrogens (tertiary/aromatic N) is 1. The lowest BCUT2D eigenvalue weighted by molar-refractivity contribution is -0.116. The van der Waals surface area contributed by atoms with E-state index in [9.17, 15) is 4.79 Å². The van der Waals surface area contributed by atoms with E-state index in [2.05, 4.69) is 21.7 Å². The molecule has 0 saturated carbocycles. The summed E-state index contributed by atoms with van der Waals surface area (Å²) in [4.78, 5) is 15.7. The van der Waals surface area contributed by atoms with Crippen molar-refractivity contribution in [3.63, 3.8) is 0 Å². The number of rotatable bonds is 7. The van der Waals surface area contributed by atoms with Crippen LogP contribution in [0.5, 0.6) is 0 Å². The highest BCUT2D eigenvalue weighted by molar-refractivity contribution is 5.89. The minimum atomic E-state index is 0.0231. The van der Waals surface area contributed by atoms with Gasteiger partial charge in [0, 0.05) is 13.0 Å². The predicted octanol–water partition coefficient (Wildman–Crippen LogP) is 4.12. The van der Waals surface area contributed by atoms with Gasteiger partial charge < -0.3 is 10.6 Å². The summed E-state index contributed by atoms with van der Waals surface area (Å²) in [6, 6.07) is 3.81. The SMILES string of the molecule is CCCC(=O)Nc1ccc(NCCC2=CCCCC2)cn1. The zero-order valence-electron chi connectivity index (χ0n) is 12.8. The van der Waals surface area contributed by atoms with E-state index >= 15 is 0 Å². The van der Waals surface area contributed by atoms with E-state index in [0.717, 1.165) is 25.1 Å². The quantitative estimate of drug-likeness (QED) is 0.742. The van der Waals surface area contributed by atoms with Crippen molar-refractivity contribution in [3.05, 3.63) is 30.0 Å². The average Bonchev–Trinajstić information content (AvgIpc) is 2.50. The summed E-state index contributed by atoms with van der Waals surface area (Å²) >= 11 is 0. The lowest BCUT2D eigenvalue weighted by atomic mass is 9.97. The number of nitrogens with one attached hydrogen (secondary N) is 2. The maximum atomic E-state index is 11.5. The van der Waals surface area contributed by atoms with E-state index in [4.69, 9.17) is 0 Å². The monoisotopic (exact) mass is 287 g/mol. The van der Waals surface area contributed by atoms with Crippen LogP contribution >= 0.6 is 0 Å². The van der Waals surface area contributed by atoms with Gasteiger partial charge in [0.05, 0.1) is 11.9 Å². The van der Waals surface area contributed by atoms with Crippen LogP contribution in [-0.4, -0.2) is 17.4 Å². The molecule has 0 radical (unpaired) electrons. The summed E-state index contributed by atoms with van der Waals surface area (Å²) in [5.74, 6) is 0.643. The van der Waals surface area contributed by atoms with Gasteiger partial charge in [0.15, 0.2) is 0 Å². The molecule has 0 spiro atoms. The number of hydrogen-bond acceptors (Lipinski definition) is 3. The Morgan fingerprint density at radius 1 is 1.33 bits per heavy atom. The minimum Gasteiger partial charge on any atom is -0.383 e. The molecule has 1 heterocycles. The number of anilines is 2. The Bertz CT molecular complexity index is 479. The second-order valence-electron chi connectivity index (χ2n) is 5.52. The topological polar surface area (TPSA) is 54.0 Å². The van der Waals surface area contributed by atoms with Crippen molar-refractivity contribution < 1.29 is 4.79 Å². The zero-order valence-corrected chi connectivity index (χ0v) is 12.8. The summed E-state index contributed by atoms with van der Waals surface area (Å²) in [6.07, 6.45) is 11.8. The van der Waals surface area contributed by atoms with Crippen LogP contribution in [0.15, 0.2) is 30.0 Å². The van der Waals surface area contributed by atoms with Gasteiger partial charge in [-0.15, -0.1) is 0 Å². The molecule has 0 bridgehead atoms. The Kier molecular flexibility index (Phi) is 6.25. The molecule has 1 amide bonds. The van der Waals surface area contributed by atoms with Crippen LogP contribution in [0.4, 0.5) is 11.5 Å². The summed E-state index contributed by atoms with van der Waals surface area (Å²) in [7, 11) is 0. The van der Waals surface area contributed by atoms with Crippen LogP contribution in [-0.2, 0) is 4.79 Å². The fourth-order valence-electron chi connectivity index (χ4n) is 2.50. The highest BCUT2D eigenvalue weighted by atomic mass is 16.1. The van der Waals surface area contributed by atoms with Gasteiger partial charge in [0.25, 0.3) is 0 Å². The van der Waals surface area contributed by atoms with Crippen molar-refractivity contribution in [1.82, 2.24) is 4.98 Å². The van der Waals surface area contributed by atoms with Gasteiger partial charge in [0.1, 0.15) is 5.82 Å². The summed E-state index contributed by atoms with van der Waals surface area (Å²) in [6.45, 7) is 2.93. The normalized spacial score (nSPS) is 14.4. The van der Waals surface area contributed by atoms with Gasteiger partial charge in [-0.2, -0.15) is 0 Å². The third-order valence-corrected chi connectivity index (χ3v) is 3.67. The van der Waals surface area contributed by atoms with Gasteiger partial charge in [-0.05, 0) is 50.7 Å². The highest BCUT2D eigenvalue weighted by Gasteiger charge is 2.04. The predicted molar refractivity (Wildman–Crippen MR) is 87.4 cm³/mol. The van der Waals surface area contributed by atoms with E-state index in [0.29, 0.717) is 12.2 Å². The fourth-order valence-corrected chi connectivity index (χ4v) is 2.50. The number of pyridine rings is 1. The maximum Gasteiger partial charge on any atom is 0.225 e. The van der Waals surface area contributed by atoms with Gasteiger partial charge in [-0.3, -0.25) is 4.79 Å². The third kappa shape index (κ3) is 5.58. The molecule has 0 aromatic carbocycles. The van der Waals surface area contributed by atoms with E-state index in [1.54, 1.807) is 11.8 Å². The second kappa shape index (κ2) is 8.45. The Balaban J connectivity index is 1.74. The molecular weight excluding hydrogens is 262 g/mol. The third-order valence-electron chi connectivity index (χ3n) is 3.67. The van der Waals surface area contributed by atoms with Crippen molar-refractivity contribution >= 4 is 17.4 Å². The fraction of sp³-hybridized carbons (Fsp3) is 0.529. The standard InChI is InChI=1S/C17H25N3O/c1-2-6-17(21)20-16-10-9-15(13-19-16)18-12-11-14-7-4-3-5-8-14/h7,9-10,13,18H,2-6,8,11-12H2,1H3,(H,19,20,21). The highest BCUT2D eigenvalue weighted by Crippen LogP contribution is 2.20. The molecule has 4 heteroatoms. The van der Waals surface area contributed by atoms with Crippen LogP contribution in [0, 0.1) is 0 Å². The molecule has 21 heavy (non-hydrogen) atoms.